The van der Waals surface area contributed by atoms with Crippen molar-refractivity contribution in [1.82, 2.24) is 5.32 Å². The van der Waals surface area contributed by atoms with Gasteiger partial charge in [0.1, 0.15) is 6.10 Å². The van der Waals surface area contributed by atoms with E-state index in [1.54, 1.807) is 0 Å². The minimum Gasteiger partial charge on any atom is -0.462 e. The lowest BCUT2D eigenvalue weighted by Gasteiger charge is -2.24. The van der Waals surface area contributed by atoms with Crippen LogP contribution in [0, 0.1) is 0 Å². The summed E-state index contributed by atoms with van der Waals surface area (Å²) in [5, 5.41) is 23.6. The van der Waals surface area contributed by atoms with Crippen LogP contribution in [0.15, 0.2) is 72.9 Å². The Morgan fingerprint density at radius 1 is 0.556 bits per heavy atom. The van der Waals surface area contributed by atoms with Crippen LogP contribution in [0.2, 0.25) is 0 Å². The Morgan fingerprint density at radius 3 is 1.67 bits per heavy atom. The van der Waals surface area contributed by atoms with Gasteiger partial charge in [-0.2, -0.15) is 0 Å². The number of rotatable bonds is 38. The number of esters is 1. The van der Waals surface area contributed by atoms with Crippen molar-refractivity contribution in [1.29, 1.82) is 0 Å². The van der Waals surface area contributed by atoms with Gasteiger partial charge in [0.2, 0.25) is 5.91 Å². The van der Waals surface area contributed by atoms with Crippen LogP contribution in [0.1, 0.15) is 194 Å². The third kappa shape index (κ3) is 36.3. The number of amides is 1. The predicted molar refractivity (Wildman–Crippen MR) is 231 cm³/mol. The highest BCUT2D eigenvalue weighted by Crippen LogP contribution is 2.16. The molecule has 0 heterocycles. The number of aliphatic hydroxyl groups excluding tert-OH is 2. The van der Waals surface area contributed by atoms with Crippen molar-refractivity contribution >= 4 is 11.9 Å². The molecule has 3 atom stereocenters. The average molecular weight is 754 g/mol. The third-order valence-electron chi connectivity index (χ3n) is 9.63. The normalized spacial score (nSPS) is 14.1. The van der Waals surface area contributed by atoms with E-state index in [1.165, 1.54) is 70.6 Å². The maximum absolute atomic E-state index is 13.1. The second-order valence-electron chi connectivity index (χ2n) is 14.8. The predicted octanol–water partition coefficient (Wildman–Crippen LogP) is 12.7. The molecule has 54 heavy (non-hydrogen) atoms. The van der Waals surface area contributed by atoms with Gasteiger partial charge in [0.05, 0.1) is 25.2 Å². The molecule has 310 valence electrons. The molecule has 6 nitrogen and oxygen atoms in total. The summed E-state index contributed by atoms with van der Waals surface area (Å²) in [6.45, 7) is 6.23. The first-order valence-electron chi connectivity index (χ1n) is 22.2. The lowest BCUT2D eigenvalue weighted by molar-refractivity contribution is -0.151. The van der Waals surface area contributed by atoms with E-state index >= 15 is 0 Å². The monoisotopic (exact) mass is 754 g/mol. The minimum atomic E-state index is -0.808. The maximum atomic E-state index is 13.1. The van der Waals surface area contributed by atoms with Gasteiger partial charge >= 0.3 is 5.97 Å². The Bertz CT molecular complexity index is 1030. The molecular weight excluding hydrogens is 671 g/mol. The first-order chi connectivity index (χ1) is 26.5. The van der Waals surface area contributed by atoms with Crippen LogP contribution in [-0.4, -0.2) is 46.9 Å². The van der Waals surface area contributed by atoms with Crippen LogP contribution in [0.4, 0.5) is 0 Å². The van der Waals surface area contributed by atoms with Gasteiger partial charge in [-0.15, -0.1) is 0 Å². The molecule has 0 aromatic rings. The number of carbonyl (C=O) groups excluding carboxylic acids is 2. The molecule has 0 aliphatic rings. The van der Waals surface area contributed by atoms with E-state index in [-0.39, 0.29) is 24.9 Å². The van der Waals surface area contributed by atoms with Crippen molar-refractivity contribution in [2.24, 2.45) is 0 Å². The van der Waals surface area contributed by atoms with Gasteiger partial charge in [-0.1, -0.05) is 196 Å². The van der Waals surface area contributed by atoms with Crippen LogP contribution in [-0.2, 0) is 14.3 Å². The van der Waals surface area contributed by atoms with Crippen molar-refractivity contribution in [3.05, 3.63) is 72.9 Å². The minimum absolute atomic E-state index is 0.0223. The van der Waals surface area contributed by atoms with Gasteiger partial charge < -0.3 is 20.3 Å². The molecule has 6 heteroatoms. The molecule has 0 aromatic heterocycles. The molecule has 3 N–H and O–H groups in total. The zero-order chi connectivity index (χ0) is 39.6. The molecule has 0 fully saturated rings. The summed E-state index contributed by atoms with van der Waals surface area (Å²) in [6, 6.07) is -0.726. The molecule has 0 aromatic carbocycles. The molecule has 0 aliphatic carbocycles. The lowest BCUT2D eigenvalue weighted by atomic mass is 10.0. The van der Waals surface area contributed by atoms with E-state index < -0.39 is 18.2 Å². The summed E-state index contributed by atoms with van der Waals surface area (Å²) in [5.41, 5.74) is 0. The number of nitrogens with one attached hydrogen (secondary N) is 1. The number of hydrogen-bond donors (Lipinski definition) is 3. The highest BCUT2D eigenvalue weighted by molar-refractivity contribution is 5.77. The SMILES string of the molecule is CC/C=C/C=C/C=C\C=C/C=C/CCCC(CC(=O)NC(CO)C(O)CCCCCCCCCCCCCC)OC(=O)CCCCCCC/C=C\CCC. The number of allylic oxidation sites excluding steroid dienone is 12. The molecule has 0 rings (SSSR count). The van der Waals surface area contributed by atoms with Gasteiger partial charge in [0.15, 0.2) is 0 Å². The molecule has 3 unspecified atom stereocenters. The molecule has 0 saturated carbocycles. The van der Waals surface area contributed by atoms with Crippen LogP contribution >= 0.6 is 0 Å². The zero-order valence-electron chi connectivity index (χ0n) is 35.1. The molecule has 0 aliphatic heterocycles. The fourth-order valence-electron chi connectivity index (χ4n) is 6.28. The Balaban J connectivity index is 4.74. The number of hydrogen-bond acceptors (Lipinski definition) is 5. The van der Waals surface area contributed by atoms with Crippen LogP contribution in [0.5, 0.6) is 0 Å². The first-order valence-corrected chi connectivity index (χ1v) is 22.2. The summed E-state index contributed by atoms with van der Waals surface area (Å²) in [6.07, 6.45) is 51.1. The maximum Gasteiger partial charge on any atom is 0.306 e. The molecule has 1 amide bonds. The van der Waals surface area contributed by atoms with E-state index in [2.05, 4.69) is 50.4 Å². The molecular formula is C48H83NO5. The van der Waals surface area contributed by atoms with Crippen molar-refractivity contribution in [3.63, 3.8) is 0 Å². The number of unbranched alkanes of at least 4 members (excludes halogenated alkanes) is 18. The molecule has 0 spiro atoms. The first kappa shape index (κ1) is 51.3. The van der Waals surface area contributed by atoms with Crippen LogP contribution < -0.4 is 5.32 Å². The van der Waals surface area contributed by atoms with Crippen molar-refractivity contribution in [3.8, 4) is 0 Å². The smallest absolute Gasteiger partial charge is 0.306 e. The summed E-state index contributed by atoms with van der Waals surface area (Å²) in [5.74, 6) is -0.566. The highest BCUT2D eigenvalue weighted by atomic mass is 16.5. The van der Waals surface area contributed by atoms with Gasteiger partial charge in [-0.3, -0.25) is 9.59 Å². The Hall–Kier alpha value is -2.70. The summed E-state index contributed by atoms with van der Waals surface area (Å²) >= 11 is 0. The van der Waals surface area contributed by atoms with Gasteiger partial charge in [0, 0.05) is 6.42 Å². The van der Waals surface area contributed by atoms with Gasteiger partial charge in [0.25, 0.3) is 0 Å². The van der Waals surface area contributed by atoms with Gasteiger partial charge in [-0.05, 0) is 57.8 Å². The topological polar surface area (TPSA) is 95.9 Å². The third-order valence-corrected chi connectivity index (χ3v) is 9.63. The summed E-state index contributed by atoms with van der Waals surface area (Å²) < 4.78 is 5.84. The van der Waals surface area contributed by atoms with Crippen molar-refractivity contribution in [2.75, 3.05) is 6.61 Å². The molecule has 0 radical (unpaired) electrons. The standard InChI is InChI=1S/C48H83NO5/c1-4-7-10-13-16-19-22-24-25-27-30-33-36-39-44(54-48(53)41-38-35-32-29-21-18-15-12-9-6-3)42-47(52)49-45(43-50)46(51)40-37-34-31-28-26-23-20-17-14-11-8-5-2/h7,10,12-13,15-16,19,22,24-25,27,30,44-46,50-51H,4-6,8-9,11,14,17-18,20-21,23,26,28-29,31-43H2,1-3H3,(H,49,52)/b10-7+,15-12-,16-13+,22-19-,25-24-,30-27+. The van der Waals surface area contributed by atoms with Crippen molar-refractivity contribution in [2.45, 2.75) is 212 Å². The number of aliphatic hydroxyl groups is 2. The zero-order valence-corrected chi connectivity index (χ0v) is 35.1. The van der Waals surface area contributed by atoms with E-state index in [0.29, 0.717) is 19.3 Å². The number of carbonyl (C=O) groups is 2. The fourth-order valence-corrected chi connectivity index (χ4v) is 6.28. The number of ether oxygens (including phenoxy) is 1. The second-order valence-corrected chi connectivity index (χ2v) is 14.8. The van der Waals surface area contributed by atoms with E-state index in [0.717, 1.165) is 77.0 Å². The van der Waals surface area contributed by atoms with E-state index in [4.69, 9.17) is 4.74 Å². The van der Waals surface area contributed by atoms with E-state index in [1.807, 2.05) is 48.6 Å². The van der Waals surface area contributed by atoms with Gasteiger partial charge in [-0.25, -0.2) is 0 Å². The van der Waals surface area contributed by atoms with Crippen LogP contribution in [0.25, 0.3) is 0 Å². The van der Waals surface area contributed by atoms with E-state index in [9.17, 15) is 19.8 Å². The largest absolute Gasteiger partial charge is 0.462 e. The Labute approximate surface area is 332 Å². The summed E-state index contributed by atoms with van der Waals surface area (Å²) in [7, 11) is 0. The highest BCUT2D eigenvalue weighted by Gasteiger charge is 2.24. The Morgan fingerprint density at radius 2 is 1.07 bits per heavy atom. The Kier molecular flexibility index (Phi) is 39.4. The molecule has 0 bridgehead atoms. The average Bonchev–Trinajstić information content (AvgIpc) is 3.16. The summed E-state index contributed by atoms with van der Waals surface area (Å²) in [4.78, 5) is 25.9. The van der Waals surface area contributed by atoms with Crippen molar-refractivity contribution < 1.29 is 24.5 Å². The quantitative estimate of drug-likeness (QED) is 0.0252. The fraction of sp³-hybridized carbons (Fsp3) is 0.708. The lowest BCUT2D eigenvalue weighted by Crippen LogP contribution is -2.46. The van der Waals surface area contributed by atoms with Crippen LogP contribution in [0.3, 0.4) is 0 Å². The molecule has 0 saturated heterocycles. The second kappa shape index (κ2) is 41.5.